The normalized spacial score (nSPS) is 12.8. The topological polar surface area (TPSA) is 98.5 Å². The number of ether oxygens (including phenoxy) is 1. The highest BCUT2D eigenvalue weighted by atomic mass is 32.2. The molecule has 0 spiro atoms. The maximum absolute atomic E-state index is 11.8. The number of amides is 1. The summed E-state index contributed by atoms with van der Waals surface area (Å²) in [5.74, 6) is 0.263. The smallest absolute Gasteiger partial charge is 0.260 e. The second-order valence-electron chi connectivity index (χ2n) is 4.88. The van der Waals surface area contributed by atoms with Crippen molar-refractivity contribution >= 4 is 15.9 Å². The fraction of sp³-hybridized carbons (Fsp3) is 0.500. The summed E-state index contributed by atoms with van der Waals surface area (Å²) < 4.78 is 28.1. The van der Waals surface area contributed by atoms with Crippen LogP contribution >= 0.6 is 0 Å². The van der Waals surface area contributed by atoms with Crippen molar-refractivity contribution in [3.05, 3.63) is 23.8 Å². The number of carbonyl (C=O) groups is 1. The molecule has 7 heteroatoms. The molecule has 0 saturated carbocycles. The summed E-state index contributed by atoms with van der Waals surface area (Å²) in [4.78, 5) is 11.8. The van der Waals surface area contributed by atoms with Crippen LogP contribution < -0.4 is 15.2 Å². The molecular formula is C14H22N2O4S. The number of primary sulfonamides is 1. The van der Waals surface area contributed by atoms with E-state index in [2.05, 4.69) is 5.32 Å². The first-order chi connectivity index (χ1) is 9.75. The van der Waals surface area contributed by atoms with E-state index in [1.807, 2.05) is 6.92 Å². The lowest BCUT2D eigenvalue weighted by molar-refractivity contribution is -0.127. The van der Waals surface area contributed by atoms with E-state index in [4.69, 9.17) is 9.88 Å². The molecule has 1 aromatic carbocycles. The van der Waals surface area contributed by atoms with Gasteiger partial charge >= 0.3 is 0 Å². The van der Waals surface area contributed by atoms with Crippen molar-refractivity contribution in [1.82, 2.24) is 5.32 Å². The van der Waals surface area contributed by atoms with E-state index < -0.39 is 16.1 Å². The standard InChI is InChI=1S/C14H22N2O4S/c1-4-5-8-16-14(17)11(3)20-13-7-6-12(9-10(13)2)21(15,18)19/h6-7,9,11H,4-5,8H2,1-3H3,(H,16,17)(H2,15,18,19). The van der Waals surface area contributed by atoms with Crippen LogP contribution in [-0.4, -0.2) is 27.0 Å². The molecule has 0 fully saturated rings. The van der Waals surface area contributed by atoms with Gasteiger partial charge in [-0.2, -0.15) is 0 Å². The molecule has 1 rings (SSSR count). The SMILES string of the molecule is CCCCNC(=O)C(C)Oc1ccc(S(N)(=O)=O)cc1C. The number of benzene rings is 1. The van der Waals surface area contributed by atoms with Crippen LogP contribution in [0.5, 0.6) is 5.75 Å². The van der Waals surface area contributed by atoms with Crippen LogP contribution in [0.3, 0.4) is 0 Å². The zero-order chi connectivity index (χ0) is 16.0. The molecule has 0 radical (unpaired) electrons. The summed E-state index contributed by atoms with van der Waals surface area (Å²) in [7, 11) is -3.74. The molecule has 3 N–H and O–H groups in total. The minimum atomic E-state index is -3.74. The van der Waals surface area contributed by atoms with Crippen LogP contribution in [0.1, 0.15) is 32.3 Å². The van der Waals surface area contributed by atoms with Crippen LogP contribution in [0, 0.1) is 6.92 Å². The molecule has 0 saturated heterocycles. The monoisotopic (exact) mass is 314 g/mol. The summed E-state index contributed by atoms with van der Waals surface area (Å²) in [5.41, 5.74) is 0.606. The third-order valence-electron chi connectivity index (χ3n) is 2.98. The summed E-state index contributed by atoms with van der Waals surface area (Å²) in [6, 6.07) is 4.29. The van der Waals surface area contributed by atoms with Crippen molar-refractivity contribution in [1.29, 1.82) is 0 Å². The Bertz CT molecular complexity index is 599. The van der Waals surface area contributed by atoms with E-state index in [1.54, 1.807) is 13.8 Å². The number of nitrogens with two attached hydrogens (primary N) is 1. The average molecular weight is 314 g/mol. The quantitative estimate of drug-likeness (QED) is 0.742. The highest BCUT2D eigenvalue weighted by Gasteiger charge is 2.16. The van der Waals surface area contributed by atoms with Gasteiger partial charge in [0.1, 0.15) is 5.75 Å². The van der Waals surface area contributed by atoms with Crippen LogP contribution in [0.15, 0.2) is 23.1 Å². The molecule has 1 unspecified atom stereocenters. The van der Waals surface area contributed by atoms with Gasteiger partial charge in [0.2, 0.25) is 10.0 Å². The van der Waals surface area contributed by atoms with Crippen LogP contribution in [0.2, 0.25) is 0 Å². The first kappa shape index (κ1) is 17.5. The highest BCUT2D eigenvalue weighted by molar-refractivity contribution is 7.89. The van der Waals surface area contributed by atoms with Crippen molar-refractivity contribution in [2.45, 2.75) is 44.6 Å². The minimum Gasteiger partial charge on any atom is -0.481 e. The number of unbranched alkanes of at least 4 members (excludes halogenated alkanes) is 1. The largest absolute Gasteiger partial charge is 0.481 e. The van der Waals surface area contributed by atoms with Gasteiger partial charge in [-0.3, -0.25) is 4.79 Å². The lowest BCUT2D eigenvalue weighted by Crippen LogP contribution is -2.36. The molecule has 1 atom stereocenters. The Morgan fingerprint density at radius 3 is 2.62 bits per heavy atom. The van der Waals surface area contributed by atoms with Gasteiger partial charge < -0.3 is 10.1 Å². The van der Waals surface area contributed by atoms with Crippen molar-refractivity contribution in [2.75, 3.05) is 6.54 Å². The van der Waals surface area contributed by atoms with Crippen LogP contribution in [0.25, 0.3) is 0 Å². The molecule has 0 aliphatic rings. The Morgan fingerprint density at radius 1 is 1.43 bits per heavy atom. The number of aryl methyl sites for hydroxylation is 1. The molecule has 21 heavy (non-hydrogen) atoms. The maximum Gasteiger partial charge on any atom is 0.260 e. The molecule has 0 aromatic heterocycles. The van der Waals surface area contributed by atoms with Crippen molar-refractivity contribution in [3.8, 4) is 5.75 Å². The molecule has 118 valence electrons. The van der Waals surface area contributed by atoms with Crippen LogP contribution in [-0.2, 0) is 14.8 Å². The second kappa shape index (κ2) is 7.42. The first-order valence-corrected chi connectivity index (χ1v) is 8.38. The Balaban J connectivity index is 2.73. The van der Waals surface area contributed by atoms with E-state index in [0.717, 1.165) is 12.8 Å². The number of sulfonamides is 1. The summed E-state index contributed by atoms with van der Waals surface area (Å²) in [5, 5.41) is 7.84. The Hall–Kier alpha value is -1.60. The van der Waals surface area contributed by atoms with Gasteiger partial charge in [0, 0.05) is 6.54 Å². The molecule has 0 aliphatic carbocycles. The van der Waals surface area contributed by atoms with E-state index in [9.17, 15) is 13.2 Å². The second-order valence-corrected chi connectivity index (χ2v) is 6.44. The van der Waals surface area contributed by atoms with Gasteiger partial charge in [0.25, 0.3) is 5.91 Å². The molecular weight excluding hydrogens is 292 g/mol. The third-order valence-corrected chi connectivity index (χ3v) is 3.89. The van der Waals surface area contributed by atoms with E-state index in [-0.39, 0.29) is 10.8 Å². The molecule has 1 amide bonds. The van der Waals surface area contributed by atoms with Crippen molar-refractivity contribution in [2.24, 2.45) is 5.14 Å². The zero-order valence-electron chi connectivity index (χ0n) is 12.5. The molecule has 0 aliphatic heterocycles. The summed E-state index contributed by atoms with van der Waals surface area (Å²) >= 11 is 0. The van der Waals surface area contributed by atoms with E-state index >= 15 is 0 Å². The summed E-state index contributed by atoms with van der Waals surface area (Å²) in [6.45, 7) is 6.01. The van der Waals surface area contributed by atoms with Crippen LogP contribution in [0.4, 0.5) is 0 Å². The number of hydrogen-bond donors (Lipinski definition) is 2. The lowest BCUT2D eigenvalue weighted by Gasteiger charge is -2.16. The Morgan fingerprint density at radius 2 is 2.10 bits per heavy atom. The Labute approximate surface area is 125 Å². The average Bonchev–Trinajstić information content (AvgIpc) is 2.39. The molecule has 6 nitrogen and oxygen atoms in total. The van der Waals surface area contributed by atoms with E-state index in [1.165, 1.54) is 18.2 Å². The molecule has 1 aromatic rings. The molecule has 0 heterocycles. The fourth-order valence-electron chi connectivity index (χ4n) is 1.71. The maximum atomic E-state index is 11.8. The number of nitrogens with one attached hydrogen (secondary N) is 1. The van der Waals surface area contributed by atoms with Gasteiger partial charge in [-0.25, -0.2) is 13.6 Å². The lowest BCUT2D eigenvalue weighted by atomic mass is 10.2. The Kier molecular flexibility index (Phi) is 6.17. The van der Waals surface area contributed by atoms with Gasteiger partial charge in [-0.15, -0.1) is 0 Å². The zero-order valence-corrected chi connectivity index (χ0v) is 13.4. The number of hydrogen-bond acceptors (Lipinski definition) is 4. The van der Waals surface area contributed by atoms with Gasteiger partial charge in [0.15, 0.2) is 6.10 Å². The van der Waals surface area contributed by atoms with Crippen molar-refractivity contribution in [3.63, 3.8) is 0 Å². The van der Waals surface area contributed by atoms with Gasteiger partial charge in [-0.05, 0) is 44.0 Å². The van der Waals surface area contributed by atoms with Crippen molar-refractivity contribution < 1.29 is 17.9 Å². The third kappa shape index (κ3) is 5.35. The van der Waals surface area contributed by atoms with Gasteiger partial charge in [-0.1, -0.05) is 13.3 Å². The fourth-order valence-corrected chi connectivity index (χ4v) is 2.31. The first-order valence-electron chi connectivity index (χ1n) is 6.83. The number of carbonyl (C=O) groups excluding carboxylic acids is 1. The molecule has 0 bridgehead atoms. The number of rotatable bonds is 7. The highest BCUT2D eigenvalue weighted by Crippen LogP contribution is 2.22. The predicted octanol–water partition coefficient (Wildman–Crippen LogP) is 1.33. The summed E-state index contributed by atoms with van der Waals surface area (Å²) in [6.07, 6.45) is 1.27. The van der Waals surface area contributed by atoms with E-state index in [0.29, 0.717) is 17.9 Å². The predicted molar refractivity (Wildman–Crippen MR) is 80.6 cm³/mol. The minimum absolute atomic E-state index is 0.0207. The van der Waals surface area contributed by atoms with Gasteiger partial charge in [0.05, 0.1) is 4.90 Å².